The lowest BCUT2D eigenvalue weighted by atomic mass is 9.87. The molecule has 4 nitrogen and oxygen atoms in total. The highest BCUT2D eigenvalue weighted by molar-refractivity contribution is 5.94. The summed E-state index contributed by atoms with van der Waals surface area (Å²) in [6.07, 6.45) is 1.66. The van der Waals surface area contributed by atoms with Crippen molar-refractivity contribution < 1.29 is 4.79 Å². The first-order valence-corrected chi connectivity index (χ1v) is 5.30. The quantitative estimate of drug-likeness (QED) is 0.798. The lowest BCUT2D eigenvalue weighted by Crippen LogP contribution is -2.45. The Kier molecular flexibility index (Phi) is 3.65. The third kappa shape index (κ3) is 3.31. The molecule has 3 N–H and O–H groups in total. The number of amides is 1. The van der Waals surface area contributed by atoms with E-state index in [-0.39, 0.29) is 11.3 Å². The summed E-state index contributed by atoms with van der Waals surface area (Å²) in [5.41, 5.74) is 6.63. The van der Waals surface area contributed by atoms with Crippen LogP contribution in [0.5, 0.6) is 0 Å². The largest absolute Gasteiger partial charge is 0.319 e. The van der Waals surface area contributed by atoms with Gasteiger partial charge in [-0.2, -0.15) is 0 Å². The Morgan fingerprint density at radius 1 is 1.50 bits per heavy atom. The zero-order chi connectivity index (χ0) is 12.3. The summed E-state index contributed by atoms with van der Waals surface area (Å²) in [5, 5.41) is 2.71. The second kappa shape index (κ2) is 4.61. The van der Waals surface area contributed by atoms with Gasteiger partial charge in [0.15, 0.2) is 0 Å². The van der Waals surface area contributed by atoms with Gasteiger partial charge >= 0.3 is 0 Å². The summed E-state index contributed by atoms with van der Waals surface area (Å²) in [6.45, 7) is 7.74. The molecule has 0 fully saturated rings. The van der Waals surface area contributed by atoms with Crippen LogP contribution in [0.3, 0.4) is 0 Å². The van der Waals surface area contributed by atoms with Crippen molar-refractivity contribution in [3.63, 3.8) is 0 Å². The molecule has 0 aliphatic rings. The second-order valence-electron chi connectivity index (χ2n) is 5.05. The Bertz CT molecular complexity index is 382. The molecule has 16 heavy (non-hydrogen) atoms. The van der Waals surface area contributed by atoms with Gasteiger partial charge in [-0.1, -0.05) is 20.8 Å². The van der Waals surface area contributed by atoms with Gasteiger partial charge in [0.25, 0.3) is 0 Å². The van der Waals surface area contributed by atoms with Crippen LogP contribution in [-0.4, -0.2) is 16.9 Å². The molecule has 0 aliphatic heterocycles. The summed E-state index contributed by atoms with van der Waals surface area (Å²) in [4.78, 5) is 15.9. The van der Waals surface area contributed by atoms with Gasteiger partial charge in [-0.15, -0.1) is 0 Å². The molecular formula is C12H19N3O. The van der Waals surface area contributed by atoms with Crippen molar-refractivity contribution in [2.75, 3.05) is 5.32 Å². The van der Waals surface area contributed by atoms with E-state index < -0.39 is 6.04 Å². The molecule has 0 unspecified atom stereocenters. The second-order valence-corrected chi connectivity index (χ2v) is 5.05. The number of nitrogens with zero attached hydrogens (tertiary/aromatic N) is 1. The smallest absolute Gasteiger partial charge is 0.242 e. The van der Waals surface area contributed by atoms with E-state index in [1.807, 2.05) is 39.8 Å². The standard InChI is InChI=1S/C12H19N3O/c1-8-5-6-14-9(7-8)15-11(16)10(13)12(2,3)4/h5-7,10H,13H2,1-4H3,(H,14,15,16)/t10-/m0/s1. The molecule has 0 aromatic carbocycles. The lowest BCUT2D eigenvalue weighted by Gasteiger charge is -2.25. The molecule has 1 aromatic heterocycles. The van der Waals surface area contributed by atoms with Crippen LogP contribution in [0.25, 0.3) is 0 Å². The molecule has 0 saturated heterocycles. The van der Waals surface area contributed by atoms with E-state index >= 15 is 0 Å². The summed E-state index contributed by atoms with van der Waals surface area (Å²) >= 11 is 0. The topological polar surface area (TPSA) is 68.0 Å². The number of nitrogens with one attached hydrogen (secondary N) is 1. The van der Waals surface area contributed by atoms with Gasteiger partial charge in [0.1, 0.15) is 5.82 Å². The number of anilines is 1. The first kappa shape index (κ1) is 12.6. The molecule has 1 atom stereocenters. The molecule has 4 heteroatoms. The zero-order valence-corrected chi connectivity index (χ0v) is 10.2. The van der Waals surface area contributed by atoms with Crippen molar-refractivity contribution in [1.82, 2.24) is 4.98 Å². The first-order valence-electron chi connectivity index (χ1n) is 5.30. The fourth-order valence-corrected chi connectivity index (χ4v) is 1.20. The van der Waals surface area contributed by atoms with Gasteiger partial charge in [0.2, 0.25) is 5.91 Å². The van der Waals surface area contributed by atoms with Gasteiger partial charge in [-0.3, -0.25) is 4.79 Å². The van der Waals surface area contributed by atoms with E-state index in [0.29, 0.717) is 5.82 Å². The van der Waals surface area contributed by atoms with Crippen LogP contribution in [-0.2, 0) is 4.79 Å². The van der Waals surface area contributed by atoms with Crippen LogP contribution in [0.1, 0.15) is 26.3 Å². The predicted molar refractivity (Wildman–Crippen MR) is 65.0 cm³/mol. The van der Waals surface area contributed by atoms with Gasteiger partial charge in [-0.25, -0.2) is 4.98 Å². The number of nitrogens with two attached hydrogens (primary N) is 1. The number of hydrogen-bond acceptors (Lipinski definition) is 3. The third-order valence-electron chi connectivity index (χ3n) is 2.38. The summed E-state index contributed by atoms with van der Waals surface area (Å²) < 4.78 is 0. The van der Waals surface area contributed by atoms with Crippen molar-refractivity contribution in [2.45, 2.75) is 33.7 Å². The van der Waals surface area contributed by atoms with Crippen LogP contribution in [0.15, 0.2) is 18.3 Å². The lowest BCUT2D eigenvalue weighted by molar-refractivity contribution is -0.119. The number of aromatic nitrogens is 1. The third-order valence-corrected chi connectivity index (χ3v) is 2.38. The molecule has 0 aliphatic carbocycles. The molecule has 0 spiro atoms. The number of hydrogen-bond donors (Lipinski definition) is 2. The van der Waals surface area contributed by atoms with Crippen LogP contribution < -0.4 is 11.1 Å². The number of pyridine rings is 1. The monoisotopic (exact) mass is 221 g/mol. The summed E-state index contributed by atoms with van der Waals surface area (Å²) in [5.74, 6) is 0.343. The molecular weight excluding hydrogens is 202 g/mol. The Labute approximate surface area is 96.3 Å². The molecule has 88 valence electrons. The molecule has 0 bridgehead atoms. The number of carbonyl (C=O) groups excluding carboxylic acids is 1. The predicted octanol–water partition coefficient (Wildman–Crippen LogP) is 1.70. The minimum absolute atomic E-state index is 0.203. The van der Waals surface area contributed by atoms with E-state index in [9.17, 15) is 4.79 Å². The first-order chi connectivity index (χ1) is 7.30. The van der Waals surface area contributed by atoms with Crippen molar-refractivity contribution in [1.29, 1.82) is 0 Å². The normalized spacial score (nSPS) is 13.3. The highest BCUT2D eigenvalue weighted by Crippen LogP contribution is 2.18. The average molecular weight is 221 g/mol. The van der Waals surface area contributed by atoms with Crippen molar-refractivity contribution in [3.05, 3.63) is 23.9 Å². The zero-order valence-electron chi connectivity index (χ0n) is 10.2. The average Bonchev–Trinajstić information content (AvgIpc) is 2.15. The van der Waals surface area contributed by atoms with E-state index in [1.165, 1.54) is 0 Å². The van der Waals surface area contributed by atoms with Crippen molar-refractivity contribution in [3.8, 4) is 0 Å². The minimum atomic E-state index is -0.546. The van der Waals surface area contributed by atoms with E-state index in [1.54, 1.807) is 6.20 Å². The van der Waals surface area contributed by atoms with Crippen LogP contribution in [0.2, 0.25) is 0 Å². The Morgan fingerprint density at radius 2 is 2.12 bits per heavy atom. The Hall–Kier alpha value is -1.42. The van der Waals surface area contributed by atoms with Gasteiger partial charge in [0, 0.05) is 6.20 Å². The molecule has 1 aromatic rings. The van der Waals surface area contributed by atoms with E-state index in [0.717, 1.165) is 5.56 Å². The maximum Gasteiger partial charge on any atom is 0.242 e. The number of rotatable bonds is 2. The fraction of sp³-hybridized carbons (Fsp3) is 0.500. The minimum Gasteiger partial charge on any atom is -0.319 e. The maximum atomic E-state index is 11.8. The Balaban J connectivity index is 2.72. The number of carbonyl (C=O) groups is 1. The van der Waals surface area contributed by atoms with Crippen LogP contribution in [0, 0.1) is 12.3 Å². The van der Waals surface area contributed by atoms with Gasteiger partial charge < -0.3 is 11.1 Å². The van der Waals surface area contributed by atoms with Gasteiger partial charge in [-0.05, 0) is 30.0 Å². The Morgan fingerprint density at radius 3 is 2.62 bits per heavy atom. The van der Waals surface area contributed by atoms with Crippen molar-refractivity contribution >= 4 is 11.7 Å². The highest BCUT2D eigenvalue weighted by Gasteiger charge is 2.27. The van der Waals surface area contributed by atoms with Crippen LogP contribution in [0.4, 0.5) is 5.82 Å². The highest BCUT2D eigenvalue weighted by atomic mass is 16.2. The van der Waals surface area contributed by atoms with E-state index in [2.05, 4.69) is 10.3 Å². The SMILES string of the molecule is Cc1ccnc(NC(=O)[C@H](N)C(C)(C)C)c1. The molecule has 1 amide bonds. The van der Waals surface area contributed by atoms with E-state index in [4.69, 9.17) is 5.73 Å². The van der Waals surface area contributed by atoms with Crippen LogP contribution >= 0.6 is 0 Å². The molecule has 1 heterocycles. The summed E-state index contributed by atoms with van der Waals surface area (Å²) in [7, 11) is 0. The maximum absolute atomic E-state index is 11.8. The van der Waals surface area contributed by atoms with Gasteiger partial charge in [0.05, 0.1) is 6.04 Å². The summed E-state index contributed by atoms with van der Waals surface area (Å²) in [6, 6.07) is 3.14. The fourth-order valence-electron chi connectivity index (χ4n) is 1.20. The number of aryl methyl sites for hydroxylation is 1. The molecule has 1 rings (SSSR count). The molecule has 0 saturated carbocycles. The van der Waals surface area contributed by atoms with Crippen molar-refractivity contribution in [2.24, 2.45) is 11.1 Å². The molecule has 0 radical (unpaired) electrons.